The van der Waals surface area contributed by atoms with Crippen molar-refractivity contribution in [3.05, 3.63) is 6.92 Å². The first kappa shape index (κ1) is 29.1. The first-order chi connectivity index (χ1) is 13.3. The molecule has 0 aromatic heterocycles. The molecule has 0 aliphatic heterocycles. The van der Waals surface area contributed by atoms with Gasteiger partial charge < -0.3 is 0 Å². The maximum Gasteiger partial charge on any atom is 0.460 e. The predicted octanol–water partition coefficient (Wildman–Crippen LogP) is 8.46. The van der Waals surface area contributed by atoms with Crippen molar-refractivity contribution in [2.24, 2.45) is 0 Å². The number of alkyl halides is 13. The molecule has 13 heteroatoms. The minimum absolute atomic E-state index is 0.179. The van der Waals surface area contributed by atoms with Gasteiger partial charge >= 0.3 is 35.8 Å². The highest BCUT2D eigenvalue weighted by Crippen LogP contribution is 2.60. The summed E-state index contributed by atoms with van der Waals surface area (Å²) in [4.78, 5) is 0. The summed E-state index contributed by atoms with van der Waals surface area (Å²) in [7, 11) is 0. The van der Waals surface area contributed by atoms with Gasteiger partial charge in [0, 0.05) is 6.42 Å². The van der Waals surface area contributed by atoms with Gasteiger partial charge in [0.25, 0.3) is 0 Å². The van der Waals surface area contributed by atoms with Crippen LogP contribution in [0.1, 0.15) is 64.2 Å². The highest BCUT2D eigenvalue weighted by Gasteiger charge is 2.90. The lowest BCUT2D eigenvalue weighted by Gasteiger charge is -2.39. The summed E-state index contributed by atoms with van der Waals surface area (Å²) in [6.07, 6.45) is -5.86. The first-order valence-corrected chi connectivity index (χ1v) is 9.06. The molecule has 181 valence electrons. The third-order valence-corrected chi connectivity index (χ3v) is 4.49. The van der Waals surface area contributed by atoms with Crippen molar-refractivity contribution in [1.29, 1.82) is 0 Å². The van der Waals surface area contributed by atoms with E-state index in [1.54, 1.807) is 0 Å². The highest BCUT2D eigenvalue weighted by atomic mass is 19.4. The Balaban J connectivity index is 5.08. The van der Waals surface area contributed by atoms with E-state index >= 15 is 0 Å². The number of hydrogen-bond acceptors (Lipinski definition) is 0. The van der Waals surface area contributed by atoms with Crippen molar-refractivity contribution < 1.29 is 57.1 Å². The Morgan fingerprint density at radius 1 is 0.400 bits per heavy atom. The second-order valence-electron chi connectivity index (χ2n) is 6.93. The van der Waals surface area contributed by atoms with Gasteiger partial charge in [0.05, 0.1) is 0 Å². The summed E-state index contributed by atoms with van der Waals surface area (Å²) in [6, 6.07) is 0. The van der Waals surface area contributed by atoms with E-state index in [0.29, 0.717) is 12.8 Å². The standard InChI is InChI=1S/C17H22F13/c1-2-3-4-5-6-7-8-9-10-11-12(18,19)13(20,21)14(22,23)15(24,25)16(26,27)17(28,29)30/h1-11H2. The Kier molecular flexibility index (Phi) is 9.83. The molecule has 0 amide bonds. The van der Waals surface area contributed by atoms with E-state index in [4.69, 9.17) is 0 Å². The van der Waals surface area contributed by atoms with Gasteiger partial charge in [-0.2, -0.15) is 57.1 Å². The molecule has 1 radical (unpaired) electrons. The second-order valence-corrected chi connectivity index (χ2v) is 6.93. The van der Waals surface area contributed by atoms with Gasteiger partial charge in [-0.05, 0) is 6.42 Å². The Morgan fingerprint density at radius 2 is 0.733 bits per heavy atom. The van der Waals surface area contributed by atoms with Crippen molar-refractivity contribution in [2.75, 3.05) is 0 Å². The van der Waals surface area contributed by atoms with Crippen LogP contribution in [0.4, 0.5) is 57.1 Å². The van der Waals surface area contributed by atoms with Gasteiger partial charge in [0.15, 0.2) is 0 Å². The van der Waals surface area contributed by atoms with E-state index in [-0.39, 0.29) is 12.8 Å². The van der Waals surface area contributed by atoms with Crippen LogP contribution in [0.2, 0.25) is 0 Å². The van der Waals surface area contributed by atoms with Crippen LogP contribution in [0.15, 0.2) is 0 Å². The molecule has 0 N–H and O–H groups in total. The number of halogens is 13. The molecule has 0 fully saturated rings. The average Bonchev–Trinajstić information content (AvgIpc) is 2.58. The fourth-order valence-corrected chi connectivity index (χ4v) is 2.54. The molecule has 0 aromatic carbocycles. The van der Waals surface area contributed by atoms with Gasteiger partial charge in [-0.3, -0.25) is 0 Å². The number of unbranched alkanes of at least 4 members (excludes halogenated alkanes) is 8. The maximum atomic E-state index is 13.5. The Hall–Kier alpha value is -0.910. The third-order valence-electron chi connectivity index (χ3n) is 4.49. The Bertz CT molecular complexity index is 508. The van der Waals surface area contributed by atoms with E-state index in [1.807, 2.05) is 0 Å². The van der Waals surface area contributed by atoms with Crippen LogP contribution in [0.3, 0.4) is 0 Å². The minimum Gasteiger partial charge on any atom is -0.200 e. The van der Waals surface area contributed by atoms with Crippen LogP contribution in [-0.4, -0.2) is 35.8 Å². The lowest BCUT2D eigenvalue weighted by atomic mass is 9.91. The van der Waals surface area contributed by atoms with E-state index < -0.39 is 48.6 Å². The fraction of sp³-hybridized carbons (Fsp3) is 0.941. The quantitative estimate of drug-likeness (QED) is 0.175. The van der Waals surface area contributed by atoms with Gasteiger partial charge in [0.2, 0.25) is 0 Å². The zero-order chi connectivity index (χ0) is 24.1. The van der Waals surface area contributed by atoms with Crippen LogP contribution in [0, 0.1) is 6.92 Å². The number of rotatable bonds is 14. The van der Waals surface area contributed by atoms with Crippen LogP contribution >= 0.6 is 0 Å². The van der Waals surface area contributed by atoms with Crippen LogP contribution in [0.5, 0.6) is 0 Å². The van der Waals surface area contributed by atoms with E-state index in [9.17, 15) is 57.1 Å². The lowest BCUT2D eigenvalue weighted by Crippen LogP contribution is -2.70. The van der Waals surface area contributed by atoms with Crippen LogP contribution in [-0.2, 0) is 0 Å². The zero-order valence-corrected chi connectivity index (χ0v) is 15.7. The molecule has 0 aromatic rings. The van der Waals surface area contributed by atoms with Crippen molar-refractivity contribution in [3.8, 4) is 0 Å². The summed E-state index contributed by atoms with van der Waals surface area (Å²) in [6.45, 7) is 3.61. The SMILES string of the molecule is [CH2]CCCCCCCCCCC(F)(F)C(F)(F)C(F)(F)C(F)(F)C(F)(F)C(F)(F)F. The first-order valence-electron chi connectivity index (χ1n) is 9.06. The molecule has 0 nitrogen and oxygen atoms in total. The topological polar surface area (TPSA) is 0 Å². The summed E-state index contributed by atoms with van der Waals surface area (Å²) >= 11 is 0. The van der Waals surface area contributed by atoms with Crippen molar-refractivity contribution in [3.63, 3.8) is 0 Å². The minimum atomic E-state index is -7.82. The molecule has 0 aliphatic carbocycles. The summed E-state index contributed by atoms with van der Waals surface area (Å²) in [5.74, 6) is -36.3. The molecule has 0 saturated heterocycles. The van der Waals surface area contributed by atoms with Gasteiger partial charge in [-0.15, -0.1) is 0 Å². The van der Waals surface area contributed by atoms with E-state index in [0.717, 1.165) is 25.7 Å². The van der Waals surface area contributed by atoms with Crippen molar-refractivity contribution in [1.82, 2.24) is 0 Å². The van der Waals surface area contributed by atoms with Crippen molar-refractivity contribution in [2.45, 2.75) is 100.0 Å². The molecule has 0 heterocycles. The fourth-order valence-electron chi connectivity index (χ4n) is 2.54. The van der Waals surface area contributed by atoms with Crippen LogP contribution in [0.25, 0.3) is 0 Å². The lowest BCUT2D eigenvalue weighted by molar-refractivity contribution is -0.440. The van der Waals surface area contributed by atoms with E-state index in [2.05, 4.69) is 6.92 Å². The van der Waals surface area contributed by atoms with E-state index in [1.165, 1.54) is 0 Å². The second kappa shape index (κ2) is 10.1. The normalized spacial score (nSPS) is 15.0. The monoisotopic (exact) mass is 473 g/mol. The van der Waals surface area contributed by atoms with Crippen molar-refractivity contribution >= 4 is 0 Å². The summed E-state index contributed by atoms with van der Waals surface area (Å²) in [5.41, 5.74) is 0. The molecule has 0 aliphatic rings. The Labute approximate surface area is 165 Å². The maximum absolute atomic E-state index is 13.5. The zero-order valence-electron chi connectivity index (χ0n) is 15.7. The smallest absolute Gasteiger partial charge is 0.200 e. The van der Waals surface area contributed by atoms with Gasteiger partial charge in [0.1, 0.15) is 0 Å². The summed E-state index contributed by atoms with van der Waals surface area (Å²) in [5, 5.41) is 0. The van der Waals surface area contributed by atoms with Gasteiger partial charge in [-0.1, -0.05) is 58.3 Å². The third kappa shape index (κ3) is 5.86. The van der Waals surface area contributed by atoms with Crippen LogP contribution < -0.4 is 0 Å². The largest absolute Gasteiger partial charge is 0.460 e. The predicted molar refractivity (Wildman–Crippen MR) is 82.3 cm³/mol. The number of hydrogen-bond donors (Lipinski definition) is 0. The average molecular weight is 473 g/mol. The molecule has 30 heavy (non-hydrogen) atoms. The molecule has 0 atom stereocenters. The molecule has 0 rings (SSSR count). The molecular formula is C17H22F13. The molecule has 0 spiro atoms. The Morgan fingerprint density at radius 3 is 1.10 bits per heavy atom. The molecule has 0 bridgehead atoms. The highest BCUT2D eigenvalue weighted by molar-refractivity contribution is 5.10. The summed E-state index contributed by atoms with van der Waals surface area (Å²) < 4.78 is 168. The molecular weight excluding hydrogens is 451 g/mol. The van der Waals surface area contributed by atoms with Gasteiger partial charge in [-0.25, -0.2) is 0 Å². The molecule has 0 unspecified atom stereocenters. The molecule has 0 saturated carbocycles.